The summed E-state index contributed by atoms with van der Waals surface area (Å²) in [5.41, 5.74) is 0.683. The Morgan fingerprint density at radius 3 is 2.35 bits per heavy atom. The van der Waals surface area contributed by atoms with Crippen molar-refractivity contribution in [3.8, 4) is 5.75 Å². The van der Waals surface area contributed by atoms with Crippen molar-refractivity contribution in [1.29, 1.82) is 0 Å². The molecule has 0 radical (unpaired) electrons. The van der Waals surface area contributed by atoms with Crippen LogP contribution in [0.25, 0.3) is 0 Å². The molecular weight excluding hydrogens is 260 g/mol. The molecule has 1 aromatic rings. The molecule has 1 aliphatic rings. The van der Waals surface area contributed by atoms with Crippen molar-refractivity contribution >= 4 is 17.7 Å². The zero-order valence-electron chi connectivity index (χ0n) is 11.5. The smallest absolute Gasteiger partial charge is 0.324 e. The van der Waals surface area contributed by atoms with Gasteiger partial charge in [0.2, 0.25) is 0 Å². The number of urea groups is 1. The molecule has 0 bridgehead atoms. The zero-order chi connectivity index (χ0) is 14.9. The minimum atomic E-state index is -0.825. The van der Waals surface area contributed by atoms with Crippen molar-refractivity contribution < 1.29 is 19.8 Å². The van der Waals surface area contributed by atoms with Gasteiger partial charge in [0.05, 0.1) is 5.92 Å². The highest BCUT2D eigenvalue weighted by Gasteiger charge is 2.38. The quantitative estimate of drug-likeness (QED) is 0.880. The van der Waals surface area contributed by atoms with E-state index < -0.39 is 11.9 Å². The first-order chi connectivity index (χ1) is 9.40. The Morgan fingerprint density at radius 2 is 1.85 bits per heavy atom. The SMILES string of the molecule is CC(C(=O)O)C1CN(C(=O)N(C)c2ccc(O)cc2)C1. The van der Waals surface area contributed by atoms with Crippen LogP contribution in [0.3, 0.4) is 0 Å². The van der Waals surface area contributed by atoms with Gasteiger partial charge in [0.15, 0.2) is 0 Å². The van der Waals surface area contributed by atoms with Gasteiger partial charge in [-0.25, -0.2) is 4.79 Å². The van der Waals surface area contributed by atoms with E-state index in [1.165, 1.54) is 17.0 Å². The number of likely N-dealkylation sites (tertiary alicyclic amines) is 1. The molecule has 0 saturated carbocycles. The Kier molecular flexibility index (Phi) is 3.83. The van der Waals surface area contributed by atoms with Gasteiger partial charge in [0.25, 0.3) is 0 Å². The lowest BCUT2D eigenvalue weighted by molar-refractivity contribution is -0.144. The monoisotopic (exact) mass is 278 g/mol. The zero-order valence-corrected chi connectivity index (χ0v) is 11.5. The molecule has 2 amide bonds. The van der Waals surface area contributed by atoms with Crippen LogP contribution in [0.2, 0.25) is 0 Å². The second kappa shape index (κ2) is 5.40. The summed E-state index contributed by atoms with van der Waals surface area (Å²) in [4.78, 5) is 26.2. The molecule has 1 aromatic carbocycles. The van der Waals surface area contributed by atoms with Crippen LogP contribution in [0, 0.1) is 11.8 Å². The number of carboxylic acids is 1. The molecule has 0 aliphatic carbocycles. The van der Waals surface area contributed by atoms with E-state index in [9.17, 15) is 14.7 Å². The van der Waals surface area contributed by atoms with Gasteiger partial charge in [-0.15, -0.1) is 0 Å². The first-order valence-electron chi connectivity index (χ1n) is 6.44. The first kappa shape index (κ1) is 14.2. The molecule has 1 fully saturated rings. The summed E-state index contributed by atoms with van der Waals surface area (Å²) in [5, 5.41) is 18.1. The highest BCUT2D eigenvalue weighted by atomic mass is 16.4. The normalized spacial score (nSPS) is 16.4. The molecule has 0 spiro atoms. The molecule has 1 heterocycles. The van der Waals surface area contributed by atoms with Crippen molar-refractivity contribution in [2.24, 2.45) is 11.8 Å². The molecule has 1 unspecified atom stereocenters. The number of amides is 2. The molecule has 1 saturated heterocycles. The number of rotatable bonds is 3. The predicted molar refractivity (Wildman–Crippen MR) is 73.8 cm³/mol. The number of benzene rings is 1. The van der Waals surface area contributed by atoms with E-state index in [0.717, 1.165) is 0 Å². The van der Waals surface area contributed by atoms with E-state index in [1.54, 1.807) is 31.0 Å². The summed E-state index contributed by atoms with van der Waals surface area (Å²) >= 11 is 0. The fraction of sp³-hybridized carbons (Fsp3) is 0.429. The Hall–Kier alpha value is -2.24. The maximum Gasteiger partial charge on any atom is 0.324 e. The van der Waals surface area contributed by atoms with Crippen LogP contribution in [0.1, 0.15) is 6.92 Å². The standard InChI is InChI=1S/C14H18N2O4/c1-9(13(18)19)10-7-16(8-10)14(20)15(2)11-3-5-12(17)6-4-11/h3-6,9-10,17H,7-8H2,1-2H3,(H,18,19). The minimum Gasteiger partial charge on any atom is -0.508 e. The molecule has 2 N–H and O–H groups in total. The number of carbonyl (C=O) groups excluding carboxylic acids is 1. The third-order valence-corrected chi connectivity index (χ3v) is 3.80. The van der Waals surface area contributed by atoms with E-state index in [1.807, 2.05) is 0 Å². The fourth-order valence-electron chi connectivity index (χ4n) is 2.19. The maximum absolute atomic E-state index is 12.2. The number of hydrogen-bond donors (Lipinski definition) is 2. The van der Waals surface area contributed by atoms with Crippen molar-refractivity contribution in [2.75, 3.05) is 25.0 Å². The van der Waals surface area contributed by atoms with Crippen LogP contribution in [0.5, 0.6) is 5.75 Å². The lowest BCUT2D eigenvalue weighted by atomic mass is 9.87. The molecule has 6 nitrogen and oxygen atoms in total. The number of nitrogens with zero attached hydrogens (tertiary/aromatic N) is 2. The minimum absolute atomic E-state index is 0.0182. The highest BCUT2D eigenvalue weighted by Crippen LogP contribution is 2.26. The molecule has 6 heteroatoms. The molecule has 1 aliphatic heterocycles. The summed E-state index contributed by atoms with van der Waals surface area (Å²) in [6.45, 7) is 2.60. The summed E-state index contributed by atoms with van der Waals surface area (Å²) in [6.07, 6.45) is 0. The average molecular weight is 278 g/mol. The van der Waals surface area contributed by atoms with Crippen LogP contribution in [-0.2, 0) is 4.79 Å². The molecule has 0 aromatic heterocycles. The predicted octanol–water partition coefficient (Wildman–Crippen LogP) is 1.60. The van der Waals surface area contributed by atoms with Gasteiger partial charge in [-0.2, -0.15) is 0 Å². The highest BCUT2D eigenvalue weighted by molar-refractivity contribution is 5.92. The number of phenolic OH excluding ortho intramolecular Hbond substituents is 1. The Morgan fingerprint density at radius 1 is 1.30 bits per heavy atom. The van der Waals surface area contributed by atoms with Gasteiger partial charge in [0, 0.05) is 31.7 Å². The van der Waals surface area contributed by atoms with E-state index in [2.05, 4.69) is 0 Å². The number of carbonyl (C=O) groups is 2. The van der Waals surface area contributed by atoms with Crippen molar-refractivity contribution in [2.45, 2.75) is 6.92 Å². The van der Waals surface area contributed by atoms with Crippen LogP contribution in [0.4, 0.5) is 10.5 Å². The largest absolute Gasteiger partial charge is 0.508 e. The van der Waals surface area contributed by atoms with Gasteiger partial charge >= 0.3 is 12.0 Å². The average Bonchev–Trinajstić information content (AvgIpc) is 2.36. The van der Waals surface area contributed by atoms with Crippen LogP contribution >= 0.6 is 0 Å². The Balaban J connectivity index is 1.93. The lowest BCUT2D eigenvalue weighted by Crippen LogP contribution is -2.56. The number of carboxylic acid groups (broad SMARTS) is 1. The second-order valence-corrected chi connectivity index (χ2v) is 5.15. The van der Waals surface area contributed by atoms with E-state index in [4.69, 9.17) is 5.11 Å². The number of phenols is 1. The lowest BCUT2D eigenvalue weighted by Gasteiger charge is -2.42. The third kappa shape index (κ3) is 2.68. The van der Waals surface area contributed by atoms with Crippen molar-refractivity contribution in [1.82, 2.24) is 4.90 Å². The van der Waals surface area contributed by atoms with E-state index in [0.29, 0.717) is 18.8 Å². The topological polar surface area (TPSA) is 81.1 Å². The van der Waals surface area contributed by atoms with E-state index in [-0.39, 0.29) is 17.7 Å². The van der Waals surface area contributed by atoms with Gasteiger partial charge in [-0.3, -0.25) is 9.69 Å². The number of aromatic hydroxyl groups is 1. The van der Waals surface area contributed by atoms with Gasteiger partial charge in [-0.05, 0) is 24.3 Å². The molecular formula is C14H18N2O4. The Bertz CT molecular complexity index is 508. The van der Waals surface area contributed by atoms with Crippen molar-refractivity contribution in [3.63, 3.8) is 0 Å². The molecule has 20 heavy (non-hydrogen) atoms. The number of aliphatic carboxylic acids is 1. The molecule has 108 valence electrons. The van der Waals surface area contributed by atoms with Crippen LogP contribution in [-0.4, -0.2) is 47.3 Å². The fourth-order valence-corrected chi connectivity index (χ4v) is 2.19. The van der Waals surface area contributed by atoms with E-state index >= 15 is 0 Å². The Labute approximate surface area is 117 Å². The summed E-state index contributed by atoms with van der Waals surface area (Å²) < 4.78 is 0. The van der Waals surface area contributed by atoms with Crippen molar-refractivity contribution in [3.05, 3.63) is 24.3 Å². The van der Waals surface area contributed by atoms with Gasteiger partial charge in [-0.1, -0.05) is 6.92 Å². The second-order valence-electron chi connectivity index (χ2n) is 5.15. The molecule has 1 atom stereocenters. The number of anilines is 1. The first-order valence-corrected chi connectivity index (χ1v) is 6.44. The summed E-state index contributed by atoms with van der Waals surface area (Å²) in [5.74, 6) is -1.09. The summed E-state index contributed by atoms with van der Waals surface area (Å²) in [6, 6.07) is 6.19. The summed E-state index contributed by atoms with van der Waals surface area (Å²) in [7, 11) is 1.66. The van der Waals surface area contributed by atoms with Gasteiger partial charge in [0.1, 0.15) is 5.75 Å². The van der Waals surface area contributed by atoms with Crippen LogP contribution in [0.15, 0.2) is 24.3 Å². The number of hydrogen-bond acceptors (Lipinski definition) is 3. The van der Waals surface area contributed by atoms with Crippen LogP contribution < -0.4 is 4.90 Å². The maximum atomic E-state index is 12.2. The molecule has 2 rings (SSSR count). The third-order valence-electron chi connectivity index (χ3n) is 3.80. The van der Waals surface area contributed by atoms with Gasteiger partial charge < -0.3 is 15.1 Å².